The fraction of sp³-hybridized carbons (Fsp3) is 0.318. The van der Waals surface area contributed by atoms with E-state index in [0.717, 1.165) is 28.9 Å². The van der Waals surface area contributed by atoms with Gasteiger partial charge in [0.1, 0.15) is 10.8 Å². The fourth-order valence-corrected chi connectivity index (χ4v) is 6.41. The van der Waals surface area contributed by atoms with Crippen molar-refractivity contribution >= 4 is 33.0 Å². The highest BCUT2D eigenvalue weighted by molar-refractivity contribution is 7.89. The third-order valence-electron chi connectivity index (χ3n) is 5.28. The van der Waals surface area contributed by atoms with Crippen molar-refractivity contribution in [3.05, 3.63) is 69.4 Å². The van der Waals surface area contributed by atoms with E-state index in [4.69, 9.17) is 0 Å². The molecule has 1 atom stereocenters. The summed E-state index contributed by atoms with van der Waals surface area (Å²) < 4.78 is 41.2. The normalized spacial score (nSPS) is 17.3. The van der Waals surface area contributed by atoms with Gasteiger partial charge in [0.2, 0.25) is 15.0 Å². The molecule has 1 aromatic heterocycles. The molecule has 10 heteroatoms. The average Bonchev–Trinajstić information content (AvgIpc) is 3.24. The molecule has 1 saturated heterocycles. The molecule has 2 heterocycles. The molecule has 1 N–H and O–H groups in total. The lowest BCUT2D eigenvalue weighted by Crippen LogP contribution is -2.39. The summed E-state index contributed by atoms with van der Waals surface area (Å²) in [5, 5.41) is 11.5. The van der Waals surface area contributed by atoms with Gasteiger partial charge in [-0.15, -0.1) is 10.2 Å². The molecule has 1 aliphatic rings. The predicted octanol–water partition coefficient (Wildman–Crippen LogP) is 4.11. The van der Waals surface area contributed by atoms with Gasteiger partial charge in [-0.3, -0.25) is 4.79 Å². The molecule has 7 nitrogen and oxygen atoms in total. The van der Waals surface area contributed by atoms with Crippen LogP contribution in [0.1, 0.15) is 44.7 Å². The van der Waals surface area contributed by atoms with Gasteiger partial charge in [0.25, 0.3) is 5.91 Å². The Morgan fingerprint density at radius 3 is 2.62 bits per heavy atom. The summed E-state index contributed by atoms with van der Waals surface area (Å²) in [5.41, 5.74) is 2.13. The number of aromatic nitrogens is 2. The summed E-state index contributed by atoms with van der Waals surface area (Å²) in [6.45, 7) is 4.48. The van der Waals surface area contributed by atoms with E-state index < -0.39 is 21.7 Å². The summed E-state index contributed by atoms with van der Waals surface area (Å²) in [6, 6.07) is 10.9. The number of benzene rings is 2. The largest absolute Gasteiger partial charge is 0.320 e. The Balaban J connectivity index is 1.49. The maximum absolute atomic E-state index is 13.3. The van der Waals surface area contributed by atoms with Gasteiger partial charge in [-0.25, -0.2) is 12.8 Å². The van der Waals surface area contributed by atoms with Crippen LogP contribution in [0.15, 0.2) is 47.4 Å². The minimum Gasteiger partial charge on any atom is -0.320 e. The van der Waals surface area contributed by atoms with Crippen molar-refractivity contribution < 1.29 is 17.6 Å². The van der Waals surface area contributed by atoms with Crippen molar-refractivity contribution in [2.24, 2.45) is 0 Å². The molecule has 0 bridgehead atoms. The van der Waals surface area contributed by atoms with E-state index in [1.807, 2.05) is 19.9 Å². The Morgan fingerprint density at radius 2 is 1.91 bits per heavy atom. The molecule has 4 rings (SSSR count). The molecule has 1 aliphatic heterocycles. The number of hydrogen-bond donors (Lipinski definition) is 1. The second-order valence-electron chi connectivity index (χ2n) is 7.94. The maximum atomic E-state index is 13.3. The minimum absolute atomic E-state index is 0.141. The average molecular weight is 475 g/mol. The topological polar surface area (TPSA) is 92.3 Å². The van der Waals surface area contributed by atoms with Gasteiger partial charge in [-0.1, -0.05) is 23.5 Å². The van der Waals surface area contributed by atoms with Crippen molar-refractivity contribution in [2.45, 2.75) is 37.5 Å². The van der Waals surface area contributed by atoms with Crippen LogP contribution >= 0.6 is 11.3 Å². The number of rotatable bonds is 5. The molecule has 1 unspecified atom stereocenters. The number of aryl methyl sites for hydroxylation is 2. The molecule has 0 saturated carbocycles. The summed E-state index contributed by atoms with van der Waals surface area (Å²) in [7, 11) is -3.63. The van der Waals surface area contributed by atoms with Crippen molar-refractivity contribution in [3.8, 4) is 0 Å². The maximum Gasteiger partial charge on any atom is 0.286 e. The summed E-state index contributed by atoms with van der Waals surface area (Å²) in [4.78, 5) is 12.8. The first-order chi connectivity index (χ1) is 15.2. The zero-order valence-electron chi connectivity index (χ0n) is 17.7. The van der Waals surface area contributed by atoms with E-state index in [9.17, 15) is 17.6 Å². The highest BCUT2D eigenvalue weighted by atomic mass is 32.2. The van der Waals surface area contributed by atoms with Gasteiger partial charge in [-0.05, 0) is 68.1 Å². The Bertz CT molecular complexity index is 1240. The van der Waals surface area contributed by atoms with E-state index in [1.54, 1.807) is 18.2 Å². The molecular formula is C22H23FN4O3S2. The quantitative estimate of drug-likeness (QED) is 0.601. The standard InChI is InChI=1S/C22H23FN4O3S2/c1-14-9-15(2)11-19(10-14)32(29,30)27-8-4-5-16(13-27)21-25-26-22(31-21)20(28)24-18-7-3-6-17(23)12-18/h3,6-7,9-12,16H,4-5,8,13H2,1-2H3,(H,24,28). The number of sulfonamides is 1. The number of nitrogens with zero attached hydrogens (tertiary/aromatic N) is 3. The van der Waals surface area contributed by atoms with Crippen LogP contribution in [0.4, 0.5) is 10.1 Å². The molecule has 0 radical (unpaired) electrons. The third-order valence-corrected chi connectivity index (χ3v) is 8.21. The molecular weight excluding hydrogens is 451 g/mol. The lowest BCUT2D eigenvalue weighted by atomic mass is 10.0. The van der Waals surface area contributed by atoms with Gasteiger partial charge in [0.15, 0.2) is 0 Å². The van der Waals surface area contributed by atoms with Crippen molar-refractivity contribution in [2.75, 3.05) is 18.4 Å². The second kappa shape index (κ2) is 9.05. The second-order valence-corrected chi connectivity index (χ2v) is 10.9. The monoisotopic (exact) mass is 474 g/mol. The van der Waals surface area contributed by atoms with Gasteiger partial charge < -0.3 is 5.32 Å². The Morgan fingerprint density at radius 1 is 1.16 bits per heavy atom. The zero-order valence-corrected chi connectivity index (χ0v) is 19.3. The van der Waals surface area contributed by atoms with E-state index in [1.165, 1.54) is 22.5 Å². The highest BCUT2D eigenvalue weighted by Gasteiger charge is 2.33. The fourth-order valence-electron chi connectivity index (χ4n) is 3.84. The number of halogens is 1. The van der Waals surface area contributed by atoms with Crippen LogP contribution in [-0.2, 0) is 10.0 Å². The van der Waals surface area contributed by atoms with Crippen LogP contribution in [0.5, 0.6) is 0 Å². The number of carbonyl (C=O) groups is 1. The van der Waals surface area contributed by atoms with Gasteiger partial charge in [0, 0.05) is 24.7 Å². The summed E-state index contributed by atoms with van der Waals surface area (Å²) >= 11 is 1.13. The van der Waals surface area contributed by atoms with Crippen molar-refractivity contribution in [3.63, 3.8) is 0 Å². The van der Waals surface area contributed by atoms with Gasteiger partial charge >= 0.3 is 0 Å². The number of carbonyl (C=O) groups excluding carboxylic acids is 1. The van der Waals surface area contributed by atoms with E-state index in [0.29, 0.717) is 28.6 Å². The van der Waals surface area contributed by atoms with Gasteiger partial charge in [0.05, 0.1) is 4.90 Å². The lowest BCUT2D eigenvalue weighted by molar-refractivity contribution is 0.102. The Hall–Kier alpha value is -2.69. The number of anilines is 1. The van der Waals surface area contributed by atoms with E-state index in [-0.39, 0.29) is 17.5 Å². The minimum atomic E-state index is -3.63. The molecule has 1 amide bonds. The molecule has 3 aromatic rings. The molecule has 0 spiro atoms. The first kappa shape index (κ1) is 22.5. The SMILES string of the molecule is Cc1cc(C)cc(S(=O)(=O)N2CCCC(c3nnc(C(=O)Nc4cccc(F)c4)s3)C2)c1. The zero-order chi connectivity index (χ0) is 22.9. The van der Waals surface area contributed by atoms with Crippen LogP contribution in [0, 0.1) is 19.7 Å². The molecule has 32 heavy (non-hydrogen) atoms. The summed E-state index contributed by atoms with van der Waals surface area (Å²) in [5.74, 6) is -1.07. The summed E-state index contributed by atoms with van der Waals surface area (Å²) in [6.07, 6.45) is 1.46. The number of amides is 1. The first-order valence-corrected chi connectivity index (χ1v) is 12.5. The number of hydrogen-bond acceptors (Lipinski definition) is 6. The molecule has 1 fully saturated rings. The van der Waals surface area contributed by atoms with Crippen LogP contribution in [0.3, 0.4) is 0 Å². The van der Waals surface area contributed by atoms with Gasteiger partial charge in [-0.2, -0.15) is 4.31 Å². The van der Waals surface area contributed by atoms with Crippen molar-refractivity contribution in [1.29, 1.82) is 0 Å². The molecule has 168 valence electrons. The molecule has 0 aliphatic carbocycles. The van der Waals surface area contributed by atoms with Crippen LogP contribution < -0.4 is 5.32 Å². The predicted molar refractivity (Wildman–Crippen MR) is 121 cm³/mol. The molecule has 2 aromatic carbocycles. The van der Waals surface area contributed by atoms with Crippen molar-refractivity contribution in [1.82, 2.24) is 14.5 Å². The van der Waals surface area contributed by atoms with E-state index >= 15 is 0 Å². The Kier molecular flexibility index (Phi) is 6.36. The van der Waals surface area contributed by atoms with E-state index in [2.05, 4.69) is 15.5 Å². The Labute approximate surface area is 190 Å². The van der Waals surface area contributed by atoms with Crippen LogP contribution in [-0.4, -0.2) is 41.9 Å². The third kappa shape index (κ3) is 4.87. The highest BCUT2D eigenvalue weighted by Crippen LogP contribution is 2.32. The smallest absolute Gasteiger partial charge is 0.286 e. The first-order valence-electron chi connectivity index (χ1n) is 10.2. The lowest BCUT2D eigenvalue weighted by Gasteiger charge is -2.30. The van der Waals surface area contributed by atoms with Crippen LogP contribution in [0.25, 0.3) is 0 Å². The van der Waals surface area contributed by atoms with Crippen LogP contribution in [0.2, 0.25) is 0 Å². The number of nitrogens with one attached hydrogen (secondary N) is 1. The number of piperidine rings is 1.